The molecule has 1 N–H and O–H groups in total. The zero-order valence-corrected chi connectivity index (χ0v) is 25.0. The first-order valence-corrected chi connectivity index (χ1v) is 15.1. The Hall–Kier alpha value is -3.46. The molecule has 1 aromatic heterocycles. The van der Waals surface area contributed by atoms with Crippen LogP contribution in [0.1, 0.15) is 45.3 Å². The SMILES string of the molecule is CN(C)C(=O)c1cc(Cl)ccc1CCC(c1cccc(OCc2ccc3ccc(Cl)cc3n2)c1)S(=O)CCC(=O)O. The van der Waals surface area contributed by atoms with Crippen molar-refractivity contribution in [1.82, 2.24) is 9.88 Å². The number of hydrogen-bond acceptors (Lipinski definition) is 5. The summed E-state index contributed by atoms with van der Waals surface area (Å²) in [5.74, 6) is -0.592. The quantitative estimate of drug-likeness (QED) is 0.191. The molecule has 0 fully saturated rings. The molecule has 2 unspecified atom stereocenters. The standard InChI is InChI=1S/C31H30Cl2N2O5S/c1-35(2)31(38)27-17-23(32)10-6-20(27)9-13-29(41(39)15-14-30(36)37)22-4-3-5-26(16-22)40-19-25-12-8-21-7-11-24(33)18-28(21)34-25/h3-8,10-12,16-18,29H,9,13-15,19H2,1-2H3,(H,36,37). The highest BCUT2D eigenvalue weighted by Gasteiger charge is 2.22. The van der Waals surface area contributed by atoms with Crippen molar-refractivity contribution in [2.75, 3.05) is 19.8 Å². The van der Waals surface area contributed by atoms with E-state index in [1.165, 1.54) is 4.90 Å². The summed E-state index contributed by atoms with van der Waals surface area (Å²) >= 11 is 12.3. The lowest BCUT2D eigenvalue weighted by Gasteiger charge is -2.20. The van der Waals surface area contributed by atoms with E-state index in [4.69, 9.17) is 27.9 Å². The Morgan fingerprint density at radius 1 is 1.00 bits per heavy atom. The molecule has 214 valence electrons. The minimum absolute atomic E-state index is 0.0127. The summed E-state index contributed by atoms with van der Waals surface area (Å²) in [6.45, 7) is 0.222. The van der Waals surface area contributed by atoms with Crippen molar-refractivity contribution in [3.05, 3.63) is 105 Å². The van der Waals surface area contributed by atoms with Gasteiger partial charge in [0.1, 0.15) is 12.4 Å². The van der Waals surface area contributed by atoms with E-state index in [1.807, 2.05) is 48.5 Å². The van der Waals surface area contributed by atoms with Gasteiger partial charge in [0.05, 0.1) is 22.9 Å². The third kappa shape index (κ3) is 8.28. The van der Waals surface area contributed by atoms with Crippen molar-refractivity contribution in [2.24, 2.45) is 0 Å². The van der Waals surface area contributed by atoms with Crippen LogP contribution >= 0.6 is 23.2 Å². The summed E-state index contributed by atoms with van der Waals surface area (Å²) in [6.07, 6.45) is 0.671. The lowest BCUT2D eigenvalue weighted by atomic mass is 9.98. The number of rotatable bonds is 12. The van der Waals surface area contributed by atoms with Crippen molar-refractivity contribution >= 4 is 56.8 Å². The number of carbonyl (C=O) groups is 2. The second-order valence-electron chi connectivity index (χ2n) is 9.76. The number of halogens is 2. The Labute approximate surface area is 251 Å². The first-order valence-electron chi connectivity index (χ1n) is 13.0. The third-order valence-corrected chi connectivity index (χ3v) is 8.77. The molecule has 1 heterocycles. The van der Waals surface area contributed by atoms with Crippen LogP contribution in [-0.2, 0) is 28.6 Å². The van der Waals surface area contributed by atoms with Crippen molar-refractivity contribution in [1.29, 1.82) is 0 Å². The lowest BCUT2D eigenvalue weighted by Crippen LogP contribution is -2.23. The fraction of sp³-hybridized carbons (Fsp3) is 0.258. The minimum atomic E-state index is -1.48. The topological polar surface area (TPSA) is 96.8 Å². The van der Waals surface area contributed by atoms with Gasteiger partial charge in [-0.3, -0.25) is 13.8 Å². The van der Waals surface area contributed by atoms with Crippen molar-refractivity contribution < 1.29 is 23.6 Å². The predicted molar refractivity (Wildman–Crippen MR) is 163 cm³/mol. The second-order valence-corrected chi connectivity index (χ2v) is 12.4. The molecule has 1 amide bonds. The van der Waals surface area contributed by atoms with Gasteiger partial charge in [0.25, 0.3) is 5.91 Å². The molecule has 7 nitrogen and oxygen atoms in total. The Kier molecular flexibility index (Phi) is 10.4. The van der Waals surface area contributed by atoms with E-state index in [0.29, 0.717) is 34.2 Å². The molecule has 0 spiro atoms. The number of amides is 1. The van der Waals surface area contributed by atoms with Gasteiger partial charge in [-0.15, -0.1) is 0 Å². The van der Waals surface area contributed by atoms with Crippen molar-refractivity contribution in [3.8, 4) is 5.75 Å². The largest absolute Gasteiger partial charge is 0.487 e. The number of aliphatic carboxylic acids is 1. The molecule has 2 atom stereocenters. The second kappa shape index (κ2) is 13.9. The van der Waals surface area contributed by atoms with E-state index in [9.17, 15) is 18.9 Å². The summed E-state index contributed by atoms with van der Waals surface area (Å²) in [6, 6.07) is 21.9. The van der Waals surface area contributed by atoms with E-state index >= 15 is 0 Å². The average molecular weight is 614 g/mol. The van der Waals surface area contributed by atoms with E-state index < -0.39 is 22.0 Å². The molecular formula is C31H30Cl2N2O5S. The normalized spacial score (nSPS) is 12.6. The molecule has 0 bridgehead atoms. The summed E-state index contributed by atoms with van der Waals surface area (Å²) < 4.78 is 19.4. The molecule has 41 heavy (non-hydrogen) atoms. The van der Waals surface area contributed by atoms with Gasteiger partial charge in [0, 0.05) is 51.6 Å². The van der Waals surface area contributed by atoms with Gasteiger partial charge < -0.3 is 14.7 Å². The molecule has 4 rings (SSSR count). The molecule has 0 saturated carbocycles. The predicted octanol–water partition coefficient (Wildman–Crippen LogP) is 6.72. The fourth-order valence-corrected chi connectivity index (χ4v) is 6.28. The maximum absolute atomic E-state index is 13.4. The van der Waals surface area contributed by atoms with Gasteiger partial charge in [0.2, 0.25) is 0 Å². The Morgan fingerprint density at radius 3 is 2.49 bits per heavy atom. The summed E-state index contributed by atoms with van der Waals surface area (Å²) in [5, 5.41) is 10.7. The zero-order valence-electron chi connectivity index (χ0n) is 22.7. The molecule has 0 radical (unpaired) electrons. The van der Waals surface area contributed by atoms with E-state index in [1.54, 1.807) is 38.4 Å². The highest BCUT2D eigenvalue weighted by atomic mass is 35.5. The van der Waals surface area contributed by atoms with Crippen LogP contribution in [-0.4, -0.2) is 50.9 Å². The Bertz CT molecular complexity index is 1590. The van der Waals surface area contributed by atoms with E-state index in [-0.39, 0.29) is 24.7 Å². The van der Waals surface area contributed by atoms with Crippen LogP contribution in [0.3, 0.4) is 0 Å². The fourth-order valence-electron chi connectivity index (χ4n) is 4.45. The number of carboxylic acids is 1. The number of hydrogen-bond donors (Lipinski definition) is 1. The number of carbonyl (C=O) groups excluding carboxylic acids is 1. The molecule has 4 aromatic rings. The highest BCUT2D eigenvalue weighted by Crippen LogP contribution is 2.31. The van der Waals surface area contributed by atoms with Crippen LogP contribution in [0.4, 0.5) is 0 Å². The van der Waals surface area contributed by atoms with Gasteiger partial charge in [0.15, 0.2) is 0 Å². The van der Waals surface area contributed by atoms with E-state index in [2.05, 4.69) is 4.98 Å². The van der Waals surface area contributed by atoms with Crippen LogP contribution < -0.4 is 4.74 Å². The Balaban J connectivity index is 1.55. The van der Waals surface area contributed by atoms with Crippen LogP contribution in [0.25, 0.3) is 10.9 Å². The van der Waals surface area contributed by atoms with Crippen molar-refractivity contribution in [2.45, 2.75) is 31.1 Å². The maximum atomic E-state index is 13.4. The number of ether oxygens (including phenoxy) is 1. The van der Waals surface area contributed by atoms with Crippen LogP contribution in [0, 0.1) is 0 Å². The van der Waals surface area contributed by atoms with Crippen molar-refractivity contribution in [3.63, 3.8) is 0 Å². The molecule has 0 aliphatic heterocycles. The molecule has 0 aliphatic carbocycles. The number of carboxylic acid groups (broad SMARTS) is 1. The summed E-state index contributed by atoms with van der Waals surface area (Å²) in [5.41, 5.74) is 3.53. The molecule has 0 saturated heterocycles. The molecular weight excluding hydrogens is 583 g/mol. The zero-order chi connectivity index (χ0) is 29.5. The first-order chi connectivity index (χ1) is 19.6. The first kappa shape index (κ1) is 30.5. The van der Waals surface area contributed by atoms with Gasteiger partial charge in [-0.2, -0.15) is 0 Å². The molecule has 3 aromatic carbocycles. The Morgan fingerprint density at radius 2 is 1.73 bits per heavy atom. The monoisotopic (exact) mass is 612 g/mol. The summed E-state index contributed by atoms with van der Waals surface area (Å²) in [4.78, 5) is 30.1. The van der Waals surface area contributed by atoms with Gasteiger partial charge >= 0.3 is 5.97 Å². The van der Waals surface area contributed by atoms with Gasteiger partial charge in [-0.1, -0.05) is 53.5 Å². The summed E-state index contributed by atoms with van der Waals surface area (Å²) in [7, 11) is 1.86. The van der Waals surface area contributed by atoms with Gasteiger partial charge in [-0.05, 0) is 66.4 Å². The van der Waals surface area contributed by atoms with Crippen LogP contribution in [0.2, 0.25) is 10.0 Å². The number of aromatic nitrogens is 1. The number of benzene rings is 3. The van der Waals surface area contributed by atoms with Crippen LogP contribution in [0.15, 0.2) is 72.8 Å². The van der Waals surface area contributed by atoms with E-state index in [0.717, 1.165) is 27.7 Å². The average Bonchev–Trinajstić information content (AvgIpc) is 2.95. The minimum Gasteiger partial charge on any atom is -0.487 e. The molecule has 0 aliphatic rings. The third-order valence-electron chi connectivity index (χ3n) is 6.55. The molecule has 10 heteroatoms. The van der Waals surface area contributed by atoms with Gasteiger partial charge in [-0.25, -0.2) is 4.98 Å². The smallest absolute Gasteiger partial charge is 0.304 e. The maximum Gasteiger partial charge on any atom is 0.304 e. The number of pyridine rings is 1. The van der Waals surface area contributed by atoms with Crippen LogP contribution in [0.5, 0.6) is 5.75 Å². The number of nitrogens with zero attached hydrogens (tertiary/aromatic N) is 2. The lowest BCUT2D eigenvalue weighted by molar-refractivity contribution is -0.136. The number of fused-ring (bicyclic) bond motifs is 1. The number of aryl methyl sites for hydroxylation is 1. The highest BCUT2D eigenvalue weighted by molar-refractivity contribution is 7.85.